The van der Waals surface area contributed by atoms with E-state index in [1.165, 1.54) is 34.6 Å². The topological polar surface area (TPSA) is 193 Å². The quantitative estimate of drug-likeness (QED) is 0.0361. The maximum atomic E-state index is 14.2. The van der Waals surface area contributed by atoms with Crippen LogP contribution in [0.5, 0.6) is 0 Å². The predicted octanol–water partition coefficient (Wildman–Crippen LogP) is 5.56. The number of nitrogens with one attached hydrogen (secondary N) is 4. The van der Waals surface area contributed by atoms with E-state index in [4.69, 9.17) is 4.74 Å². The molecule has 4 N–H and O–H groups in total. The number of aliphatic imine (C=N–C) groups is 1. The van der Waals surface area contributed by atoms with Crippen molar-refractivity contribution in [1.82, 2.24) is 36.1 Å². The molecule has 0 saturated carbocycles. The van der Waals surface area contributed by atoms with Gasteiger partial charge in [0.2, 0.25) is 5.91 Å². The number of carbonyl (C=O) groups is 3. The molecule has 0 aliphatic rings. The van der Waals surface area contributed by atoms with Gasteiger partial charge in [-0.3, -0.25) is 24.9 Å². The third kappa shape index (κ3) is 15.4. The summed E-state index contributed by atoms with van der Waals surface area (Å²) in [5.41, 5.74) is 4.47. The fourth-order valence-electron chi connectivity index (χ4n) is 5.80. The van der Waals surface area contributed by atoms with Crippen LogP contribution in [0.2, 0.25) is 0 Å². The Bertz CT molecular complexity index is 1840. The van der Waals surface area contributed by atoms with E-state index in [9.17, 15) is 24.5 Å². The molecule has 2 heterocycles. The zero-order valence-electron chi connectivity index (χ0n) is 32.2. The number of rotatable bonds is 21. The van der Waals surface area contributed by atoms with Gasteiger partial charge in [-0.25, -0.2) is 14.6 Å². The van der Waals surface area contributed by atoms with E-state index >= 15 is 0 Å². The molecule has 0 spiro atoms. The van der Waals surface area contributed by atoms with Crippen molar-refractivity contribution in [3.8, 4) is 0 Å². The Balaban J connectivity index is 1.49. The third-order valence-corrected chi connectivity index (χ3v) is 10.7. The van der Waals surface area contributed by atoms with Crippen molar-refractivity contribution in [2.24, 2.45) is 4.99 Å². The lowest BCUT2D eigenvalue weighted by Gasteiger charge is -2.27. The van der Waals surface area contributed by atoms with Gasteiger partial charge in [-0.15, -0.1) is 22.7 Å². The minimum absolute atomic E-state index is 0.110. The minimum Gasteiger partial charge on any atom is -0.444 e. The maximum absolute atomic E-state index is 14.2. The van der Waals surface area contributed by atoms with Crippen molar-refractivity contribution in [3.63, 3.8) is 0 Å². The van der Waals surface area contributed by atoms with Crippen molar-refractivity contribution in [2.75, 3.05) is 27.2 Å². The number of hydrogen-bond donors (Lipinski definition) is 4. The molecule has 4 aromatic rings. The van der Waals surface area contributed by atoms with Crippen LogP contribution in [0.4, 0.5) is 9.59 Å². The number of nitrogens with zero attached hydrogens (tertiary/aromatic N) is 5. The number of nitro groups is 1. The minimum atomic E-state index is -0.994. The molecular formula is C39H51N9O6S2. The Morgan fingerprint density at radius 3 is 2.12 bits per heavy atom. The molecule has 15 nitrogen and oxygen atoms in total. The number of thiazole rings is 2. The SMILES string of the molecule is CN=C(C[N+](=O)[O-])NCCC(NC(=O)N(C)Cc1csc(C(C)C)n1)C(=O)NC(CCC(Cc1ccccc1)NC(=O)OCc1cncs1)Cc1ccccc1. The van der Waals surface area contributed by atoms with E-state index in [0.29, 0.717) is 25.7 Å². The molecule has 4 rings (SSSR count). The fourth-order valence-corrected chi connectivity index (χ4v) is 7.13. The summed E-state index contributed by atoms with van der Waals surface area (Å²) in [5.74, 6) is 0.00849. The molecule has 3 atom stereocenters. The average Bonchev–Trinajstić information content (AvgIpc) is 3.89. The smallest absolute Gasteiger partial charge is 0.407 e. The van der Waals surface area contributed by atoms with E-state index in [2.05, 4.69) is 50.1 Å². The van der Waals surface area contributed by atoms with Crippen LogP contribution >= 0.6 is 22.7 Å². The molecule has 0 bridgehead atoms. The monoisotopic (exact) mass is 805 g/mol. The van der Waals surface area contributed by atoms with E-state index in [1.807, 2.05) is 66.0 Å². The van der Waals surface area contributed by atoms with E-state index in [-0.39, 0.29) is 50.0 Å². The number of carbonyl (C=O) groups excluding carboxylic acids is 3. The maximum Gasteiger partial charge on any atom is 0.407 e. The first-order chi connectivity index (χ1) is 27.0. The summed E-state index contributed by atoms with van der Waals surface area (Å²) >= 11 is 2.94. The molecule has 300 valence electrons. The van der Waals surface area contributed by atoms with Gasteiger partial charge >= 0.3 is 12.1 Å². The van der Waals surface area contributed by atoms with Crippen molar-refractivity contribution in [3.05, 3.63) is 115 Å². The van der Waals surface area contributed by atoms with Crippen LogP contribution in [-0.4, -0.2) is 89.0 Å². The highest BCUT2D eigenvalue weighted by Crippen LogP contribution is 2.20. The number of urea groups is 1. The molecule has 0 aliphatic carbocycles. The molecule has 0 fully saturated rings. The van der Waals surface area contributed by atoms with E-state index < -0.39 is 35.5 Å². The predicted molar refractivity (Wildman–Crippen MR) is 219 cm³/mol. The Labute approximate surface area is 335 Å². The first-order valence-electron chi connectivity index (χ1n) is 18.4. The summed E-state index contributed by atoms with van der Waals surface area (Å²) in [6.45, 7) is 4.12. The Hall–Kier alpha value is -5.42. The Kier molecular flexibility index (Phi) is 17.7. The number of aromatic nitrogens is 2. The molecule has 3 unspecified atom stereocenters. The largest absolute Gasteiger partial charge is 0.444 e. The highest BCUT2D eigenvalue weighted by atomic mass is 32.1. The van der Waals surface area contributed by atoms with Crippen LogP contribution < -0.4 is 21.3 Å². The van der Waals surface area contributed by atoms with Crippen LogP contribution in [0.15, 0.2) is 82.7 Å². The van der Waals surface area contributed by atoms with Gasteiger partial charge in [0.25, 0.3) is 6.54 Å². The van der Waals surface area contributed by atoms with Crippen molar-refractivity contribution < 1.29 is 24.0 Å². The summed E-state index contributed by atoms with van der Waals surface area (Å²) in [7, 11) is 3.08. The fraction of sp³-hybridized carbons (Fsp3) is 0.436. The number of hydrogen-bond acceptors (Lipinski definition) is 11. The van der Waals surface area contributed by atoms with E-state index in [1.54, 1.807) is 18.8 Å². The lowest BCUT2D eigenvalue weighted by molar-refractivity contribution is -0.463. The van der Waals surface area contributed by atoms with Gasteiger partial charge in [-0.1, -0.05) is 74.5 Å². The zero-order chi connectivity index (χ0) is 40.3. The summed E-state index contributed by atoms with van der Waals surface area (Å²) < 4.78 is 5.49. The highest BCUT2D eigenvalue weighted by Gasteiger charge is 2.26. The molecular weight excluding hydrogens is 755 g/mol. The number of amides is 4. The van der Waals surface area contributed by atoms with Gasteiger partial charge in [0.05, 0.1) is 27.6 Å². The highest BCUT2D eigenvalue weighted by molar-refractivity contribution is 7.09. The average molecular weight is 806 g/mol. The molecule has 0 saturated heterocycles. The number of benzene rings is 2. The second-order valence-corrected chi connectivity index (χ2v) is 15.5. The van der Waals surface area contributed by atoms with Crippen molar-refractivity contribution in [1.29, 1.82) is 0 Å². The van der Waals surface area contributed by atoms with Crippen molar-refractivity contribution >= 4 is 46.5 Å². The zero-order valence-corrected chi connectivity index (χ0v) is 33.8. The summed E-state index contributed by atoms with van der Waals surface area (Å²) in [5, 5.41) is 26.0. The molecule has 0 aliphatic heterocycles. The van der Waals surface area contributed by atoms with Crippen LogP contribution in [0.25, 0.3) is 0 Å². The molecule has 2 aromatic heterocycles. The standard InChI is InChI=1S/C39H51N9O6S2/c1-27(2)37-44-32(25-55-37)22-47(4)38(50)46-34(17-18-42-35(40-3)23-48(52)53)36(49)43-30(19-28-11-7-5-8-12-28)15-16-31(20-29-13-9-6-10-14-29)45-39(51)54-24-33-21-41-26-56-33/h5-14,21,25-27,30-31,34H,15-20,22-24H2,1-4H3,(H,40,42)(H,43,49)(H,45,51)(H,46,50). The van der Waals surface area contributed by atoms with Gasteiger partial charge in [-0.05, 0) is 43.2 Å². The molecule has 17 heteroatoms. The van der Waals surface area contributed by atoms with Crippen LogP contribution in [0, 0.1) is 10.1 Å². The number of ether oxygens (including phenoxy) is 1. The van der Waals surface area contributed by atoms with Gasteiger partial charge in [0.1, 0.15) is 12.6 Å². The summed E-state index contributed by atoms with van der Waals surface area (Å²) in [6.07, 6.45) is 3.27. The van der Waals surface area contributed by atoms with Crippen molar-refractivity contribution in [2.45, 2.75) is 83.1 Å². The van der Waals surface area contributed by atoms with Crippen LogP contribution in [-0.2, 0) is 35.5 Å². The molecule has 4 amide bonds. The first-order valence-corrected chi connectivity index (χ1v) is 20.2. The van der Waals surface area contributed by atoms with Gasteiger partial charge in [0.15, 0.2) is 5.84 Å². The first kappa shape index (κ1) is 43.3. The number of alkyl carbamates (subject to hydrolysis) is 1. The van der Waals surface area contributed by atoms with Crippen LogP contribution in [0.3, 0.4) is 0 Å². The Morgan fingerprint density at radius 2 is 1.57 bits per heavy atom. The second-order valence-electron chi connectivity index (χ2n) is 13.6. The number of amidine groups is 1. The Morgan fingerprint density at radius 1 is 0.929 bits per heavy atom. The second kappa shape index (κ2) is 22.8. The molecule has 2 aromatic carbocycles. The van der Waals surface area contributed by atoms with Gasteiger partial charge in [-0.2, -0.15) is 0 Å². The van der Waals surface area contributed by atoms with Crippen LogP contribution in [0.1, 0.15) is 65.7 Å². The van der Waals surface area contributed by atoms with E-state index in [0.717, 1.165) is 26.7 Å². The lowest BCUT2D eigenvalue weighted by Crippen LogP contribution is -2.53. The summed E-state index contributed by atoms with van der Waals surface area (Å²) in [6, 6.07) is 17.4. The molecule has 0 radical (unpaired) electrons. The summed E-state index contributed by atoms with van der Waals surface area (Å²) in [4.78, 5) is 66.2. The lowest BCUT2D eigenvalue weighted by atomic mass is 9.95. The molecule has 56 heavy (non-hydrogen) atoms. The third-order valence-electron chi connectivity index (χ3n) is 8.75. The van der Waals surface area contributed by atoms with Gasteiger partial charge in [0, 0.05) is 55.1 Å². The van der Waals surface area contributed by atoms with Gasteiger partial charge < -0.3 is 30.9 Å². The normalized spacial score (nSPS) is 13.0.